The number of nitrogens with two attached hydrogens (primary N) is 1. The number of fused-ring (bicyclic) bond motifs is 1. The van der Waals surface area contributed by atoms with Crippen LogP contribution in [0.25, 0.3) is 0 Å². The van der Waals surface area contributed by atoms with Gasteiger partial charge < -0.3 is 29.8 Å². The van der Waals surface area contributed by atoms with Gasteiger partial charge in [-0.3, -0.25) is 24.4 Å². The van der Waals surface area contributed by atoms with E-state index in [1.807, 2.05) is 26.2 Å². The average molecular weight is 675 g/mol. The van der Waals surface area contributed by atoms with Gasteiger partial charge in [-0.25, -0.2) is 0 Å². The van der Waals surface area contributed by atoms with Gasteiger partial charge in [-0.15, -0.1) is 0 Å². The van der Waals surface area contributed by atoms with Crippen LogP contribution in [0.4, 0.5) is 0 Å². The van der Waals surface area contributed by atoms with E-state index in [4.69, 9.17) is 24.7 Å². The molecule has 4 heterocycles. The Morgan fingerprint density at radius 1 is 1.15 bits per heavy atom. The number of aliphatic hydroxyl groups excluding tert-OH is 1. The molecule has 0 aromatic carbocycles. The fourth-order valence-corrected chi connectivity index (χ4v) is 8.03. The first-order valence-electron chi connectivity index (χ1n) is 18.1. The minimum Gasteiger partial charge on any atom is -0.463 e. The normalized spacial score (nSPS) is 36.0. The molecule has 3 aliphatic rings. The van der Waals surface area contributed by atoms with Crippen LogP contribution in [-0.2, 0) is 41.5 Å². The van der Waals surface area contributed by atoms with E-state index in [2.05, 4.69) is 34.7 Å². The SMILES string of the molecule is CCCN1C[C@H](C)C[C@@](C)(OC)[C@H](O[C@@H]2O[C@H](C)C[C@H](N)[C@H]2O)[C@@H](C)C(=O)C(C)(C)C(=O)OC[C@H]1CCCN1CCc2cnccc2C1. The lowest BCUT2D eigenvalue weighted by molar-refractivity contribution is -0.288. The van der Waals surface area contributed by atoms with E-state index in [0.29, 0.717) is 12.8 Å². The number of Topliss-reactive ketones (excluding diaryl/α,β-unsaturated/α-hetero) is 1. The zero-order chi connectivity index (χ0) is 35.2. The fourth-order valence-electron chi connectivity index (χ4n) is 8.03. The molecule has 48 heavy (non-hydrogen) atoms. The molecule has 0 unspecified atom stereocenters. The Kier molecular flexibility index (Phi) is 13.6. The summed E-state index contributed by atoms with van der Waals surface area (Å²) in [6, 6.07) is 1.60. The number of cyclic esters (lactones) is 1. The number of ether oxygens (including phenoxy) is 4. The molecule has 2 saturated heterocycles. The second kappa shape index (κ2) is 16.8. The highest BCUT2D eigenvalue weighted by Gasteiger charge is 2.51. The minimum atomic E-state index is -1.43. The molecule has 11 nitrogen and oxygen atoms in total. The average Bonchev–Trinajstić information content (AvgIpc) is 3.05. The number of carbonyl (C=O) groups excluding carboxylic acids is 2. The van der Waals surface area contributed by atoms with Gasteiger partial charge in [0.15, 0.2) is 12.1 Å². The third-order valence-electron chi connectivity index (χ3n) is 10.9. The van der Waals surface area contributed by atoms with E-state index in [1.165, 1.54) is 11.1 Å². The van der Waals surface area contributed by atoms with E-state index < -0.39 is 47.4 Å². The van der Waals surface area contributed by atoms with Gasteiger partial charge in [0.25, 0.3) is 0 Å². The summed E-state index contributed by atoms with van der Waals surface area (Å²) in [6.07, 6.45) is 5.56. The van der Waals surface area contributed by atoms with Crippen LogP contribution in [0.1, 0.15) is 91.7 Å². The van der Waals surface area contributed by atoms with E-state index in [-0.39, 0.29) is 30.5 Å². The molecule has 3 N–H and O–H groups in total. The van der Waals surface area contributed by atoms with Crippen molar-refractivity contribution < 1.29 is 33.6 Å². The van der Waals surface area contributed by atoms with Crippen molar-refractivity contribution in [3.63, 3.8) is 0 Å². The van der Waals surface area contributed by atoms with Crippen molar-refractivity contribution in [3.8, 4) is 0 Å². The van der Waals surface area contributed by atoms with Crippen LogP contribution < -0.4 is 5.73 Å². The summed E-state index contributed by atoms with van der Waals surface area (Å²) in [5.41, 5.74) is 6.55. The van der Waals surface area contributed by atoms with E-state index in [0.717, 1.165) is 58.4 Å². The fraction of sp³-hybridized carbons (Fsp3) is 0.811. The lowest BCUT2D eigenvalue weighted by Gasteiger charge is -2.46. The van der Waals surface area contributed by atoms with Gasteiger partial charge in [-0.05, 0) is 102 Å². The summed E-state index contributed by atoms with van der Waals surface area (Å²) in [7, 11) is 1.63. The summed E-state index contributed by atoms with van der Waals surface area (Å²) >= 11 is 0. The monoisotopic (exact) mass is 674 g/mol. The van der Waals surface area contributed by atoms with Crippen LogP contribution in [-0.4, -0.2) is 114 Å². The number of pyridine rings is 1. The maximum absolute atomic E-state index is 14.2. The zero-order valence-corrected chi connectivity index (χ0v) is 30.7. The molecule has 272 valence electrons. The molecular formula is C37H62N4O7. The molecule has 0 amide bonds. The summed E-state index contributed by atoms with van der Waals surface area (Å²) in [4.78, 5) is 37.2. The molecule has 0 radical (unpaired) electrons. The number of aliphatic hydroxyl groups is 1. The predicted octanol–water partition coefficient (Wildman–Crippen LogP) is 3.73. The largest absolute Gasteiger partial charge is 0.463 e. The molecule has 0 aliphatic carbocycles. The highest BCUT2D eigenvalue weighted by Crippen LogP contribution is 2.38. The smallest absolute Gasteiger partial charge is 0.319 e. The van der Waals surface area contributed by atoms with Crippen LogP contribution in [0.15, 0.2) is 18.5 Å². The zero-order valence-electron chi connectivity index (χ0n) is 30.7. The number of methoxy groups -OCH3 is 1. The van der Waals surface area contributed by atoms with Crippen molar-refractivity contribution in [1.82, 2.24) is 14.8 Å². The summed E-state index contributed by atoms with van der Waals surface area (Å²) in [5.74, 6) is -1.48. The Morgan fingerprint density at radius 3 is 2.60 bits per heavy atom. The summed E-state index contributed by atoms with van der Waals surface area (Å²) in [5, 5.41) is 11.0. The second-order valence-corrected chi connectivity index (χ2v) is 15.4. The molecular weight excluding hydrogens is 612 g/mol. The number of esters is 1. The highest BCUT2D eigenvalue weighted by molar-refractivity contribution is 6.04. The maximum atomic E-state index is 14.2. The molecule has 1 aromatic heterocycles. The minimum absolute atomic E-state index is 0.0105. The van der Waals surface area contributed by atoms with Gasteiger partial charge in [-0.2, -0.15) is 0 Å². The Bertz CT molecular complexity index is 1220. The number of aromatic nitrogens is 1. The number of ketones is 1. The highest BCUT2D eigenvalue weighted by atomic mass is 16.7. The van der Waals surface area contributed by atoms with Gasteiger partial charge in [-0.1, -0.05) is 20.8 Å². The van der Waals surface area contributed by atoms with Crippen molar-refractivity contribution in [2.24, 2.45) is 23.0 Å². The van der Waals surface area contributed by atoms with Crippen molar-refractivity contribution in [2.45, 2.75) is 136 Å². The summed E-state index contributed by atoms with van der Waals surface area (Å²) in [6.45, 7) is 18.0. The topological polar surface area (TPSA) is 137 Å². The molecule has 11 heteroatoms. The number of rotatable bonds is 9. The standard InChI is InChI=1S/C37H62N4O7/c1-9-15-41-21-24(2)19-37(7,45-8)33(48-34-31(42)30(38)18-25(3)47-34)26(4)32(43)36(5,6)35(44)46-23-29(41)11-10-16-40-17-13-27-20-39-14-12-28(27)22-40/h12,14,20,24-26,29-31,33-34,42H,9-11,13,15-19,21-23,38H2,1-8H3/t24-,25-,26+,29-,30+,31-,33-,34+,37-/m1/s1. The molecule has 0 saturated carbocycles. The van der Waals surface area contributed by atoms with Crippen molar-refractivity contribution in [3.05, 3.63) is 29.6 Å². The maximum Gasteiger partial charge on any atom is 0.319 e. The van der Waals surface area contributed by atoms with Crippen molar-refractivity contribution >= 4 is 11.8 Å². The van der Waals surface area contributed by atoms with E-state index in [1.54, 1.807) is 27.9 Å². The van der Waals surface area contributed by atoms with Crippen LogP contribution in [0.2, 0.25) is 0 Å². The van der Waals surface area contributed by atoms with Crippen LogP contribution in [0, 0.1) is 17.3 Å². The quantitative estimate of drug-likeness (QED) is 0.293. The van der Waals surface area contributed by atoms with Gasteiger partial charge in [0.1, 0.15) is 18.1 Å². The lowest BCUT2D eigenvalue weighted by atomic mass is 9.74. The predicted molar refractivity (Wildman–Crippen MR) is 184 cm³/mol. The molecule has 2 fully saturated rings. The number of hydrogen-bond donors (Lipinski definition) is 2. The lowest BCUT2D eigenvalue weighted by Crippen LogP contribution is -2.59. The van der Waals surface area contributed by atoms with Gasteiger partial charge in [0, 0.05) is 57.1 Å². The molecule has 0 spiro atoms. The van der Waals surface area contributed by atoms with Crippen molar-refractivity contribution in [1.29, 1.82) is 0 Å². The first kappa shape index (κ1) is 38.8. The van der Waals surface area contributed by atoms with Gasteiger partial charge >= 0.3 is 5.97 Å². The summed E-state index contributed by atoms with van der Waals surface area (Å²) < 4.78 is 24.8. The molecule has 1 aromatic rings. The van der Waals surface area contributed by atoms with Crippen molar-refractivity contribution in [2.75, 3.05) is 39.9 Å². The molecule has 4 rings (SSSR count). The second-order valence-electron chi connectivity index (χ2n) is 15.4. The number of hydrogen-bond acceptors (Lipinski definition) is 11. The Hall–Kier alpha value is -1.99. The van der Waals surface area contributed by atoms with E-state index in [9.17, 15) is 14.7 Å². The van der Waals surface area contributed by atoms with Gasteiger partial charge in [0.05, 0.1) is 17.8 Å². The molecule has 3 aliphatic heterocycles. The first-order chi connectivity index (χ1) is 22.7. The van der Waals surface area contributed by atoms with Gasteiger partial charge in [0.2, 0.25) is 0 Å². The third-order valence-corrected chi connectivity index (χ3v) is 10.9. The Labute approximate surface area is 288 Å². The third kappa shape index (κ3) is 9.21. The molecule has 9 atom stereocenters. The number of carbonyl (C=O) groups is 2. The van der Waals surface area contributed by atoms with E-state index >= 15 is 0 Å². The van der Waals surface area contributed by atoms with Crippen LogP contribution in [0.5, 0.6) is 0 Å². The van der Waals surface area contributed by atoms with Crippen LogP contribution in [0.3, 0.4) is 0 Å². The first-order valence-corrected chi connectivity index (χ1v) is 18.1. The Morgan fingerprint density at radius 2 is 1.90 bits per heavy atom. The molecule has 0 bridgehead atoms. The Balaban J connectivity index is 1.57. The van der Waals surface area contributed by atoms with Crippen LogP contribution >= 0.6 is 0 Å². The number of nitrogens with zero attached hydrogens (tertiary/aromatic N) is 3.